The number of para-hydroxylation sites is 1. The molecule has 1 aliphatic heterocycles. The van der Waals surface area contributed by atoms with E-state index in [-0.39, 0.29) is 30.0 Å². The van der Waals surface area contributed by atoms with Crippen LogP contribution in [-0.4, -0.2) is 18.1 Å². The van der Waals surface area contributed by atoms with Crippen molar-refractivity contribution in [2.75, 3.05) is 5.73 Å². The molecule has 0 aromatic heterocycles. The molecular formula is C15H22N2O2. The standard InChI is InChI=1S/C15H22N2O2/c1-9-10(2)19-11(3)14(9)15(18)17-8-12-6-4-5-7-13(12)16/h4-7,9-11,14H,8,16H2,1-3H3,(H,17,18). The number of nitrogen functional groups attached to an aromatic ring is 1. The first kappa shape index (κ1) is 13.9. The van der Waals surface area contributed by atoms with Gasteiger partial charge in [-0.25, -0.2) is 0 Å². The topological polar surface area (TPSA) is 64.3 Å². The van der Waals surface area contributed by atoms with Gasteiger partial charge in [0.05, 0.1) is 18.1 Å². The summed E-state index contributed by atoms with van der Waals surface area (Å²) in [6, 6.07) is 7.57. The number of amides is 1. The van der Waals surface area contributed by atoms with E-state index in [0.29, 0.717) is 12.2 Å². The molecule has 4 nitrogen and oxygen atoms in total. The zero-order valence-electron chi connectivity index (χ0n) is 11.7. The van der Waals surface area contributed by atoms with Crippen LogP contribution in [0.25, 0.3) is 0 Å². The predicted octanol–water partition coefficient (Wildman–Crippen LogP) is 1.94. The number of nitrogens with two attached hydrogens (primary N) is 1. The smallest absolute Gasteiger partial charge is 0.226 e. The van der Waals surface area contributed by atoms with Crippen LogP contribution in [0.4, 0.5) is 5.69 Å². The van der Waals surface area contributed by atoms with E-state index in [1.165, 1.54) is 0 Å². The van der Waals surface area contributed by atoms with Crippen LogP contribution in [0, 0.1) is 11.8 Å². The summed E-state index contributed by atoms with van der Waals surface area (Å²) in [6.07, 6.45) is 0.102. The lowest BCUT2D eigenvalue weighted by Gasteiger charge is -2.18. The van der Waals surface area contributed by atoms with Gasteiger partial charge in [-0.15, -0.1) is 0 Å². The summed E-state index contributed by atoms with van der Waals surface area (Å²) >= 11 is 0. The summed E-state index contributed by atoms with van der Waals surface area (Å²) in [4.78, 5) is 12.3. The molecule has 0 aliphatic carbocycles. The summed E-state index contributed by atoms with van der Waals surface area (Å²) in [7, 11) is 0. The van der Waals surface area contributed by atoms with Gasteiger partial charge in [-0.05, 0) is 31.4 Å². The quantitative estimate of drug-likeness (QED) is 0.818. The molecule has 1 fully saturated rings. The maximum absolute atomic E-state index is 12.3. The van der Waals surface area contributed by atoms with Crippen molar-refractivity contribution in [2.24, 2.45) is 11.8 Å². The summed E-state index contributed by atoms with van der Waals surface area (Å²) in [5.74, 6) is 0.204. The van der Waals surface area contributed by atoms with Gasteiger partial charge < -0.3 is 15.8 Å². The van der Waals surface area contributed by atoms with Gasteiger partial charge in [0, 0.05) is 12.2 Å². The molecule has 3 N–H and O–H groups in total. The van der Waals surface area contributed by atoms with Crippen molar-refractivity contribution >= 4 is 11.6 Å². The molecule has 1 saturated heterocycles. The van der Waals surface area contributed by atoms with Crippen molar-refractivity contribution in [3.05, 3.63) is 29.8 Å². The van der Waals surface area contributed by atoms with Crippen molar-refractivity contribution in [3.63, 3.8) is 0 Å². The predicted molar refractivity (Wildman–Crippen MR) is 75.4 cm³/mol. The minimum Gasteiger partial charge on any atom is -0.398 e. The minimum absolute atomic E-state index is 0.0295. The third-order valence-electron chi connectivity index (χ3n) is 4.05. The lowest BCUT2D eigenvalue weighted by Crippen LogP contribution is -2.37. The number of hydrogen-bond donors (Lipinski definition) is 2. The van der Waals surface area contributed by atoms with Gasteiger partial charge in [-0.2, -0.15) is 0 Å². The Hall–Kier alpha value is -1.55. The van der Waals surface area contributed by atoms with Crippen LogP contribution in [0.5, 0.6) is 0 Å². The lowest BCUT2D eigenvalue weighted by atomic mass is 9.89. The van der Waals surface area contributed by atoms with E-state index in [9.17, 15) is 4.79 Å². The summed E-state index contributed by atoms with van der Waals surface area (Å²) in [5, 5.41) is 2.96. The van der Waals surface area contributed by atoms with Crippen molar-refractivity contribution in [1.29, 1.82) is 0 Å². The molecule has 4 heteroatoms. The maximum atomic E-state index is 12.3. The zero-order chi connectivity index (χ0) is 14.0. The lowest BCUT2D eigenvalue weighted by molar-refractivity contribution is -0.127. The second-order valence-electron chi connectivity index (χ2n) is 5.35. The number of nitrogens with one attached hydrogen (secondary N) is 1. The average molecular weight is 262 g/mol. The molecule has 0 bridgehead atoms. The highest BCUT2D eigenvalue weighted by atomic mass is 16.5. The zero-order valence-corrected chi connectivity index (χ0v) is 11.7. The van der Waals surface area contributed by atoms with Crippen LogP contribution in [0.2, 0.25) is 0 Å². The van der Waals surface area contributed by atoms with Gasteiger partial charge in [-0.1, -0.05) is 25.1 Å². The van der Waals surface area contributed by atoms with Crippen molar-refractivity contribution < 1.29 is 9.53 Å². The SMILES string of the molecule is CC1OC(C)C(C(=O)NCc2ccccc2N)C1C. The fraction of sp³-hybridized carbons (Fsp3) is 0.533. The molecule has 4 atom stereocenters. The molecule has 4 unspecified atom stereocenters. The number of hydrogen-bond acceptors (Lipinski definition) is 3. The summed E-state index contributed by atoms with van der Waals surface area (Å²) < 4.78 is 5.70. The number of carbonyl (C=O) groups excluding carboxylic acids is 1. The second kappa shape index (κ2) is 5.61. The Morgan fingerprint density at radius 2 is 1.95 bits per heavy atom. The van der Waals surface area contributed by atoms with Gasteiger partial charge in [0.2, 0.25) is 5.91 Å². The van der Waals surface area contributed by atoms with E-state index in [1.54, 1.807) is 0 Å². The Labute approximate surface area is 114 Å². The van der Waals surface area contributed by atoms with Crippen LogP contribution in [0.1, 0.15) is 26.3 Å². The first-order valence-electron chi connectivity index (χ1n) is 6.77. The molecule has 2 rings (SSSR count). The van der Waals surface area contributed by atoms with E-state index in [0.717, 1.165) is 5.56 Å². The van der Waals surface area contributed by atoms with E-state index < -0.39 is 0 Å². The van der Waals surface area contributed by atoms with Crippen molar-refractivity contribution in [3.8, 4) is 0 Å². The Bertz CT molecular complexity index is 461. The Morgan fingerprint density at radius 3 is 2.53 bits per heavy atom. The van der Waals surface area contributed by atoms with E-state index in [1.807, 2.05) is 38.1 Å². The number of benzene rings is 1. The summed E-state index contributed by atoms with van der Waals surface area (Å²) in [6.45, 7) is 6.51. The molecule has 19 heavy (non-hydrogen) atoms. The van der Waals surface area contributed by atoms with Crippen molar-refractivity contribution in [2.45, 2.75) is 39.5 Å². The highest BCUT2D eigenvalue weighted by Gasteiger charge is 2.41. The van der Waals surface area contributed by atoms with E-state index in [4.69, 9.17) is 10.5 Å². The molecule has 1 amide bonds. The number of anilines is 1. The van der Waals surface area contributed by atoms with E-state index >= 15 is 0 Å². The highest BCUT2D eigenvalue weighted by molar-refractivity contribution is 5.80. The molecular weight excluding hydrogens is 240 g/mol. The van der Waals surface area contributed by atoms with Crippen LogP contribution in [-0.2, 0) is 16.1 Å². The Balaban J connectivity index is 1.97. The summed E-state index contributed by atoms with van der Waals surface area (Å²) in [5.41, 5.74) is 7.52. The van der Waals surface area contributed by atoms with Gasteiger partial charge in [0.25, 0.3) is 0 Å². The second-order valence-corrected chi connectivity index (χ2v) is 5.35. The van der Waals surface area contributed by atoms with Gasteiger partial charge >= 0.3 is 0 Å². The first-order chi connectivity index (χ1) is 9.00. The number of ether oxygens (including phenoxy) is 1. The highest BCUT2D eigenvalue weighted by Crippen LogP contribution is 2.32. The molecule has 0 saturated carbocycles. The molecule has 1 heterocycles. The third kappa shape index (κ3) is 2.89. The van der Waals surface area contributed by atoms with Crippen LogP contribution in [0.3, 0.4) is 0 Å². The Morgan fingerprint density at radius 1 is 1.26 bits per heavy atom. The van der Waals surface area contributed by atoms with Crippen LogP contribution < -0.4 is 11.1 Å². The first-order valence-corrected chi connectivity index (χ1v) is 6.77. The third-order valence-corrected chi connectivity index (χ3v) is 4.05. The largest absolute Gasteiger partial charge is 0.398 e. The number of carbonyl (C=O) groups is 1. The van der Waals surface area contributed by atoms with Gasteiger partial charge in [-0.3, -0.25) is 4.79 Å². The molecule has 1 aromatic carbocycles. The fourth-order valence-electron chi connectivity index (χ4n) is 2.71. The molecule has 1 aromatic rings. The Kier molecular flexibility index (Phi) is 4.10. The van der Waals surface area contributed by atoms with Crippen LogP contribution >= 0.6 is 0 Å². The molecule has 0 radical (unpaired) electrons. The molecule has 1 aliphatic rings. The monoisotopic (exact) mass is 262 g/mol. The number of rotatable bonds is 3. The normalized spacial score (nSPS) is 30.3. The maximum Gasteiger partial charge on any atom is 0.226 e. The van der Waals surface area contributed by atoms with Gasteiger partial charge in [0.15, 0.2) is 0 Å². The fourth-order valence-corrected chi connectivity index (χ4v) is 2.71. The van der Waals surface area contributed by atoms with Crippen molar-refractivity contribution in [1.82, 2.24) is 5.32 Å². The molecule has 0 spiro atoms. The molecule has 104 valence electrons. The van der Waals surface area contributed by atoms with E-state index in [2.05, 4.69) is 12.2 Å². The van der Waals surface area contributed by atoms with Crippen LogP contribution in [0.15, 0.2) is 24.3 Å². The minimum atomic E-state index is -0.0834. The van der Waals surface area contributed by atoms with Gasteiger partial charge in [0.1, 0.15) is 0 Å². The average Bonchev–Trinajstić information content (AvgIpc) is 2.62.